The molecule has 0 fully saturated rings. The van der Waals surface area contributed by atoms with Crippen LogP contribution in [0.1, 0.15) is 73.3 Å². The maximum Gasteiger partial charge on any atom is 0.416 e. The van der Waals surface area contributed by atoms with E-state index in [0.717, 1.165) is 39.5 Å². The van der Waals surface area contributed by atoms with Crippen LogP contribution in [0.5, 0.6) is 0 Å². The number of hydrogen-bond donors (Lipinski definition) is 3. The summed E-state index contributed by atoms with van der Waals surface area (Å²) in [6.07, 6.45) is -0.786. The molecule has 5 rings (SSSR count). The van der Waals surface area contributed by atoms with Gasteiger partial charge in [-0.15, -0.1) is 0 Å². The molecule has 0 unspecified atom stereocenters. The highest BCUT2D eigenvalue weighted by Crippen LogP contribution is 2.36. The number of aliphatic hydroxyl groups is 1. The van der Waals surface area contributed by atoms with Crippen molar-refractivity contribution in [3.63, 3.8) is 0 Å². The van der Waals surface area contributed by atoms with Crippen molar-refractivity contribution < 1.29 is 41.8 Å². The number of nitrogens with zero attached hydrogens (tertiary/aromatic N) is 3. The maximum atomic E-state index is 14.5. The number of rotatable bonds is 8. The minimum absolute atomic E-state index is 0.0452. The first kappa shape index (κ1) is 30.4. The number of ether oxygens (including phenoxy) is 1. The lowest BCUT2D eigenvalue weighted by Gasteiger charge is -2.19. The molecule has 1 aromatic carbocycles. The van der Waals surface area contributed by atoms with Crippen molar-refractivity contribution in [2.45, 2.75) is 44.8 Å². The van der Waals surface area contributed by atoms with Gasteiger partial charge in [0.05, 0.1) is 23.4 Å². The number of hydrogen-bond acceptors (Lipinski definition) is 7. The number of allylic oxidation sites excluding steroid dienone is 2. The SMILES string of the molecule is C=CCOC(=O)c1ccc2c(c1C)CC[C@@H]2NC(=O)c1cc(C(=O)NCC2=CC(O)=C(C(F)(F)F)CC2)nc2c(F)cnn12. The van der Waals surface area contributed by atoms with Gasteiger partial charge in [0.1, 0.15) is 23.8 Å². The van der Waals surface area contributed by atoms with Crippen LogP contribution in [0.3, 0.4) is 0 Å². The molecular weight excluding hydrogens is 586 g/mol. The van der Waals surface area contributed by atoms with Gasteiger partial charge in [0.25, 0.3) is 11.8 Å². The molecule has 1 atom stereocenters. The van der Waals surface area contributed by atoms with Crippen molar-refractivity contribution in [3.05, 3.63) is 99.5 Å². The van der Waals surface area contributed by atoms with E-state index in [-0.39, 0.29) is 36.6 Å². The van der Waals surface area contributed by atoms with Crippen molar-refractivity contribution in [2.24, 2.45) is 0 Å². The Bertz CT molecular complexity index is 1760. The molecule has 2 heterocycles. The van der Waals surface area contributed by atoms with Gasteiger partial charge < -0.3 is 20.5 Å². The molecule has 3 aromatic rings. The summed E-state index contributed by atoms with van der Waals surface area (Å²) in [5.41, 5.74) is 1.27. The van der Waals surface area contributed by atoms with Crippen LogP contribution < -0.4 is 10.6 Å². The Morgan fingerprint density at radius 1 is 1.20 bits per heavy atom. The molecule has 14 heteroatoms. The summed E-state index contributed by atoms with van der Waals surface area (Å²) in [6, 6.07) is 4.06. The second-order valence-corrected chi connectivity index (χ2v) is 10.4. The first-order valence-electron chi connectivity index (χ1n) is 13.6. The third-order valence-corrected chi connectivity index (χ3v) is 7.61. The van der Waals surface area contributed by atoms with Gasteiger partial charge in [-0.05, 0) is 67.0 Å². The molecule has 2 amide bonds. The number of fused-ring (bicyclic) bond motifs is 2. The largest absolute Gasteiger partial charge is 0.508 e. The summed E-state index contributed by atoms with van der Waals surface area (Å²) in [5.74, 6) is -3.76. The third kappa shape index (κ3) is 5.92. The smallest absolute Gasteiger partial charge is 0.416 e. The Kier molecular flexibility index (Phi) is 8.26. The minimum atomic E-state index is -4.66. The van der Waals surface area contributed by atoms with Crippen molar-refractivity contribution in [1.82, 2.24) is 25.2 Å². The summed E-state index contributed by atoms with van der Waals surface area (Å²) in [7, 11) is 0. The second kappa shape index (κ2) is 11.9. The summed E-state index contributed by atoms with van der Waals surface area (Å²) in [5, 5.41) is 19.0. The highest BCUT2D eigenvalue weighted by atomic mass is 19.4. The van der Waals surface area contributed by atoms with Crippen LogP contribution >= 0.6 is 0 Å². The van der Waals surface area contributed by atoms with Crippen LogP contribution in [0, 0.1) is 12.7 Å². The number of amides is 2. The van der Waals surface area contributed by atoms with E-state index < -0.39 is 53.6 Å². The summed E-state index contributed by atoms with van der Waals surface area (Å²) < 4.78 is 59.6. The number of halogens is 4. The molecule has 44 heavy (non-hydrogen) atoms. The molecule has 2 aliphatic carbocycles. The van der Waals surface area contributed by atoms with Crippen molar-refractivity contribution >= 4 is 23.4 Å². The zero-order valence-corrected chi connectivity index (χ0v) is 23.4. The Morgan fingerprint density at radius 2 is 1.98 bits per heavy atom. The maximum absolute atomic E-state index is 14.5. The zero-order valence-electron chi connectivity index (χ0n) is 23.4. The topological polar surface area (TPSA) is 135 Å². The van der Waals surface area contributed by atoms with Crippen molar-refractivity contribution in [1.29, 1.82) is 0 Å². The number of esters is 1. The second-order valence-electron chi connectivity index (χ2n) is 10.4. The first-order valence-corrected chi connectivity index (χ1v) is 13.6. The number of carbonyl (C=O) groups is 3. The van der Waals surface area contributed by atoms with E-state index in [4.69, 9.17) is 4.74 Å². The van der Waals surface area contributed by atoms with Crippen LogP contribution in [0.25, 0.3) is 5.65 Å². The van der Waals surface area contributed by atoms with Crippen molar-refractivity contribution in [2.75, 3.05) is 13.2 Å². The molecule has 0 saturated heterocycles. The quantitative estimate of drug-likeness (QED) is 0.189. The van der Waals surface area contributed by atoms with Crippen LogP contribution in [0.4, 0.5) is 17.6 Å². The van der Waals surface area contributed by atoms with Crippen LogP contribution in [-0.2, 0) is 11.2 Å². The van der Waals surface area contributed by atoms with Gasteiger partial charge in [-0.1, -0.05) is 18.7 Å². The van der Waals surface area contributed by atoms with Gasteiger partial charge in [0.15, 0.2) is 11.5 Å². The molecule has 0 bridgehead atoms. The lowest BCUT2D eigenvalue weighted by Crippen LogP contribution is -2.31. The van der Waals surface area contributed by atoms with Gasteiger partial charge in [-0.25, -0.2) is 18.7 Å². The first-order chi connectivity index (χ1) is 20.9. The Hall–Kier alpha value is -5.01. The summed E-state index contributed by atoms with van der Waals surface area (Å²) in [6.45, 7) is 5.20. The molecule has 0 saturated carbocycles. The van der Waals surface area contributed by atoms with E-state index in [9.17, 15) is 37.1 Å². The average Bonchev–Trinajstić information content (AvgIpc) is 3.57. The average molecular weight is 614 g/mol. The Balaban J connectivity index is 1.35. The number of aliphatic hydroxyl groups excluding tert-OH is 1. The fourth-order valence-electron chi connectivity index (χ4n) is 5.39. The predicted octanol–water partition coefficient (Wildman–Crippen LogP) is 4.76. The van der Waals surface area contributed by atoms with Crippen LogP contribution in [0.15, 0.2) is 60.0 Å². The number of carbonyl (C=O) groups excluding carboxylic acids is 3. The van der Waals surface area contributed by atoms with Gasteiger partial charge in [-0.3, -0.25) is 9.59 Å². The van der Waals surface area contributed by atoms with E-state index in [1.54, 1.807) is 19.1 Å². The normalized spacial score (nSPS) is 16.4. The van der Waals surface area contributed by atoms with Gasteiger partial charge >= 0.3 is 12.1 Å². The molecule has 3 N–H and O–H groups in total. The molecule has 0 aliphatic heterocycles. The van der Waals surface area contributed by atoms with E-state index >= 15 is 0 Å². The molecule has 230 valence electrons. The van der Waals surface area contributed by atoms with Crippen molar-refractivity contribution in [3.8, 4) is 0 Å². The minimum Gasteiger partial charge on any atom is -0.508 e. The fourth-order valence-corrected chi connectivity index (χ4v) is 5.39. The van der Waals surface area contributed by atoms with Gasteiger partial charge in [0, 0.05) is 12.6 Å². The fraction of sp³-hybridized carbons (Fsp3) is 0.300. The Labute approximate surface area is 248 Å². The standard InChI is InChI=1S/C30H27F4N5O5/c1-3-10-44-29(43)18-5-6-19-17(15(18)2)7-9-22(19)38-28(42)24-12-23(37-26-21(31)14-36-39(24)26)27(41)35-13-16-4-8-20(25(40)11-16)30(32,33)34/h3,5-6,11-12,14,22,40H,1,4,7-10,13H2,2H3,(H,35,41)(H,38,42)/t22-/m0/s1. The number of nitrogens with one attached hydrogen (secondary N) is 2. The molecule has 2 aliphatic rings. The molecule has 0 radical (unpaired) electrons. The lowest BCUT2D eigenvalue weighted by atomic mass is 9.96. The highest BCUT2D eigenvalue weighted by molar-refractivity contribution is 5.98. The lowest BCUT2D eigenvalue weighted by molar-refractivity contribution is -0.0967. The van der Waals surface area contributed by atoms with Gasteiger partial charge in [-0.2, -0.15) is 18.3 Å². The number of benzene rings is 1. The number of alkyl halides is 3. The predicted molar refractivity (Wildman–Crippen MR) is 148 cm³/mol. The van der Waals surface area contributed by atoms with E-state index in [0.29, 0.717) is 24.0 Å². The summed E-state index contributed by atoms with van der Waals surface area (Å²) in [4.78, 5) is 42.8. The third-order valence-electron chi connectivity index (χ3n) is 7.61. The number of aromatic nitrogens is 3. The molecular formula is C30H27F4N5O5. The molecule has 0 spiro atoms. The Morgan fingerprint density at radius 3 is 2.68 bits per heavy atom. The monoisotopic (exact) mass is 613 g/mol. The zero-order chi connectivity index (χ0) is 31.8. The van der Waals surface area contributed by atoms with Crippen LogP contribution in [-0.4, -0.2) is 56.8 Å². The highest BCUT2D eigenvalue weighted by Gasteiger charge is 2.37. The van der Waals surface area contributed by atoms with E-state index in [1.165, 1.54) is 6.08 Å². The van der Waals surface area contributed by atoms with E-state index in [1.807, 2.05) is 0 Å². The van der Waals surface area contributed by atoms with E-state index in [2.05, 4.69) is 27.3 Å². The van der Waals surface area contributed by atoms with Gasteiger partial charge in [0.2, 0.25) is 0 Å². The summed E-state index contributed by atoms with van der Waals surface area (Å²) >= 11 is 0. The molecule has 10 nitrogen and oxygen atoms in total. The van der Waals surface area contributed by atoms with Crippen LogP contribution in [0.2, 0.25) is 0 Å². The molecule has 2 aromatic heterocycles.